The average molecular weight is 314 g/mol. The van der Waals surface area contributed by atoms with Crippen LogP contribution in [0, 0.1) is 5.41 Å². The van der Waals surface area contributed by atoms with Crippen molar-refractivity contribution in [1.29, 1.82) is 0 Å². The van der Waals surface area contributed by atoms with E-state index in [9.17, 15) is 9.90 Å². The van der Waals surface area contributed by atoms with Gasteiger partial charge in [0.05, 0.1) is 17.9 Å². The van der Waals surface area contributed by atoms with Gasteiger partial charge >= 0.3 is 0 Å². The molecular formula is C16H24ClNO3. The lowest BCUT2D eigenvalue weighted by atomic mass is 9.95. The summed E-state index contributed by atoms with van der Waals surface area (Å²) in [5.41, 5.74) is -0.715. The molecule has 0 aliphatic rings. The Morgan fingerprint density at radius 2 is 1.90 bits per heavy atom. The summed E-state index contributed by atoms with van der Waals surface area (Å²) in [4.78, 5) is 12.1. The van der Waals surface area contributed by atoms with Gasteiger partial charge in [-0.2, -0.15) is 0 Å². The molecule has 0 saturated heterocycles. The van der Waals surface area contributed by atoms with E-state index in [1.807, 2.05) is 20.8 Å². The summed E-state index contributed by atoms with van der Waals surface area (Å²) >= 11 is 5.97. The molecule has 2 N–H and O–H groups in total. The number of aliphatic hydroxyl groups is 1. The number of carbonyl (C=O) groups is 1. The summed E-state index contributed by atoms with van der Waals surface area (Å²) < 4.78 is 5.65. The maximum atomic E-state index is 12.1. The minimum Gasteiger partial charge on any atom is -0.491 e. The lowest BCUT2D eigenvalue weighted by Crippen LogP contribution is -2.28. The number of anilines is 1. The maximum absolute atomic E-state index is 12.1. The lowest BCUT2D eigenvalue weighted by molar-refractivity contribution is -0.123. The molecule has 1 aromatic carbocycles. The zero-order chi connectivity index (χ0) is 16.3. The van der Waals surface area contributed by atoms with Gasteiger partial charge in [-0.05, 0) is 26.0 Å². The zero-order valence-corrected chi connectivity index (χ0v) is 14.0. The summed E-state index contributed by atoms with van der Waals surface area (Å²) in [5, 5.41) is 13.1. The molecule has 0 heterocycles. The van der Waals surface area contributed by atoms with E-state index in [1.54, 1.807) is 32.0 Å². The molecule has 0 spiro atoms. The first-order chi connectivity index (χ1) is 9.49. The van der Waals surface area contributed by atoms with Crippen molar-refractivity contribution in [2.45, 2.75) is 46.6 Å². The normalized spacial score (nSPS) is 12.1. The largest absolute Gasteiger partial charge is 0.491 e. The van der Waals surface area contributed by atoms with Gasteiger partial charge < -0.3 is 15.2 Å². The van der Waals surface area contributed by atoms with Gasteiger partial charge in [-0.1, -0.05) is 32.4 Å². The number of nitrogens with one attached hydrogen (secondary N) is 1. The third kappa shape index (κ3) is 6.36. The van der Waals surface area contributed by atoms with Crippen LogP contribution >= 0.6 is 11.6 Å². The van der Waals surface area contributed by atoms with Crippen molar-refractivity contribution in [3.05, 3.63) is 23.2 Å². The van der Waals surface area contributed by atoms with Crippen LogP contribution in [-0.4, -0.2) is 23.2 Å². The van der Waals surface area contributed by atoms with Gasteiger partial charge in [0.15, 0.2) is 0 Å². The highest BCUT2D eigenvalue weighted by molar-refractivity contribution is 6.30. The molecule has 0 aliphatic carbocycles. The van der Waals surface area contributed by atoms with Crippen LogP contribution < -0.4 is 10.1 Å². The number of carbonyl (C=O) groups excluding carboxylic acids is 1. The number of hydrogen-bond acceptors (Lipinski definition) is 3. The molecule has 4 nitrogen and oxygen atoms in total. The molecule has 1 amide bonds. The molecule has 0 fully saturated rings. The molecule has 1 aromatic rings. The summed E-state index contributed by atoms with van der Waals surface area (Å²) in [5.74, 6) is 0.404. The number of hydrogen-bond donors (Lipinski definition) is 2. The van der Waals surface area contributed by atoms with E-state index in [-0.39, 0.29) is 5.91 Å². The minimum absolute atomic E-state index is 0.0999. The topological polar surface area (TPSA) is 58.6 Å². The molecule has 0 radical (unpaired) electrons. The highest BCUT2D eigenvalue weighted by Gasteiger charge is 2.22. The zero-order valence-electron chi connectivity index (χ0n) is 13.3. The Hall–Kier alpha value is -1.26. The molecule has 0 aromatic heterocycles. The molecule has 1 rings (SSSR count). The van der Waals surface area contributed by atoms with Crippen LogP contribution in [-0.2, 0) is 4.79 Å². The first kappa shape index (κ1) is 17.8. The number of ether oxygens (including phenoxy) is 1. The van der Waals surface area contributed by atoms with E-state index >= 15 is 0 Å². The predicted molar refractivity (Wildman–Crippen MR) is 85.9 cm³/mol. The van der Waals surface area contributed by atoms with Gasteiger partial charge in [0.1, 0.15) is 5.75 Å². The standard InChI is InChI=1S/C16H24ClNO3/c1-15(2,3)14(19)18-12-7-6-11(17)10-13(12)21-9-8-16(4,5)20/h6-7,10,20H,8-9H2,1-5H3,(H,18,19). The first-order valence-corrected chi connectivity index (χ1v) is 7.33. The summed E-state index contributed by atoms with van der Waals surface area (Å²) in [6.07, 6.45) is 0.478. The van der Waals surface area contributed by atoms with Gasteiger partial charge in [-0.15, -0.1) is 0 Å². The van der Waals surface area contributed by atoms with Crippen molar-refractivity contribution in [2.24, 2.45) is 5.41 Å². The Kier molecular flexibility index (Phi) is 5.65. The number of benzene rings is 1. The minimum atomic E-state index is -0.798. The maximum Gasteiger partial charge on any atom is 0.229 e. The fraction of sp³-hybridized carbons (Fsp3) is 0.562. The van der Waals surface area contributed by atoms with Crippen LogP contribution in [0.4, 0.5) is 5.69 Å². The van der Waals surface area contributed by atoms with Crippen molar-refractivity contribution >= 4 is 23.2 Å². The van der Waals surface area contributed by atoms with Gasteiger partial charge in [-0.3, -0.25) is 4.79 Å². The molecule has 118 valence electrons. The van der Waals surface area contributed by atoms with Crippen molar-refractivity contribution in [3.63, 3.8) is 0 Å². The Bertz CT molecular complexity index is 501. The average Bonchev–Trinajstić information content (AvgIpc) is 2.29. The van der Waals surface area contributed by atoms with Gasteiger partial charge in [0, 0.05) is 22.9 Å². The molecule has 21 heavy (non-hydrogen) atoms. The fourth-order valence-electron chi connectivity index (χ4n) is 1.44. The molecule has 5 heteroatoms. The SMILES string of the molecule is CC(C)(O)CCOc1cc(Cl)ccc1NC(=O)C(C)(C)C. The highest BCUT2D eigenvalue weighted by atomic mass is 35.5. The van der Waals surface area contributed by atoms with E-state index < -0.39 is 11.0 Å². The number of rotatable bonds is 5. The first-order valence-electron chi connectivity index (χ1n) is 6.95. The molecule has 0 aliphatic heterocycles. The third-order valence-electron chi connectivity index (χ3n) is 2.84. The van der Waals surface area contributed by atoms with Crippen LogP contribution in [0.15, 0.2) is 18.2 Å². The molecule has 0 saturated carbocycles. The molecule has 0 unspecified atom stereocenters. The summed E-state index contributed by atoms with van der Waals surface area (Å²) in [6.45, 7) is 9.29. The second-order valence-corrected chi connectivity index (χ2v) is 7.19. The smallest absolute Gasteiger partial charge is 0.229 e. The van der Waals surface area contributed by atoms with E-state index in [4.69, 9.17) is 16.3 Å². The highest BCUT2D eigenvalue weighted by Crippen LogP contribution is 2.30. The van der Waals surface area contributed by atoms with Crippen LogP contribution in [0.1, 0.15) is 41.0 Å². The molecule has 0 atom stereocenters. The predicted octanol–water partition coefficient (Wildman–Crippen LogP) is 3.86. The quantitative estimate of drug-likeness (QED) is 0.867. The van der Waals surface area contributed by atoms with Crippen LogP contribution in [0.3, 0.4) is 0 Å². The van der Waals surface area contributed by atoms with E-state index in [0.29, 0.717) is 29.5 Å². The second-order valence-electron chi connectivity index (χ2n) is 6.76. The van der Waals surface area contributed by atoms with Crippen LogP contribution in [0.25, 0.3) is 0 Å². The number of halogens is 1. The second kappa shape index (κ2) is 6.67. The monoisotopic (exact) mass is 313 g/mol. The van der Waals surface area contributed by atoms with E-state index in [2.05, 4.69) is 5.32 Å². The molecule has 0 bridgehead atoms. The Morgan fingerprint density at radius 3 is 2.43 bits per heavy atom. The van der Waals surface area contributed by atoms with Crippen molar-refractivity contribution < 1.29 is 14.6 Å². The van der Waals surface area contributed by atoms with Crippen LogP contribution in [0.2, 0.25) is 5.02 Å². The Morgan fingerprint density at radius 1 is 1.29 bits per heavy atom. The Balaban J connectivity index is 2.83. The van der Waals surface area contributed by atoms with E-state index in [1.165, 1.54) is 0 Å². The van der Waals surface area contributed by atoms with Gasteiger partial charge in [0.2, 0.25) is 5.91 Å². The number of amides is 1. The fourth-order valence-corrected chi connectivity index (χ4v) is 1.60. The van der Waals surface area contributed by atoms with Crippen molar-refractivity contribution in [3.8, 4) is 5.75 Å². The van der Waals surface area contributed by atoms with Gasteiger partial charge in [0.25, 0.3) is 0 Å². The lowest BCUT2D eigenvalue weighted by Gasteiger charge is -2.21. The summed E-state index contributed by atoms with van der Waals surface area (Å²) in [7, 11) is 0. The molecular weight excluding hydrogens is 290 g/mol. The van der Waals surface area contributed by atoms with Gasteiger partial charge in [-0.25, -0.2) is 0 Å². The van der Waals surface area contributed by atoms with Crippen molar-refractivity contribution in [2.75, 3.05) is 11.9 Å². The van der Waals surface area contributed by atoms with Crippen molar-refractivity contribution in [1.82, 2.24) is 0 Å². The summed E-state index contributed by atoms with van der Waals surface area (Å²) in [6, 6.07) is 5.07. The van der Waals surface area contributed by atoms with E-state index in [0.717, 1.165) is 0 Å². The van der Waals surface area contributed by atoms with Crippen LogP contribution in [0.5, 0.6) is 5.75 Å². The third-order valence-corrected chi connectivity index (χ3v) is 3.08. The Labute approximate surface area is 131 Å².